The van der Waals surface area contributed by atoms with Crippen molar-refractivity contribution < 1.29 is 0 Å². The Morgan fingerprint density at radius 1 is 0.333 bits per heavy atom. The second-order valence-electron chi connectivity index (χ2n) is 9.89. The molecule has 7 aromatic carbocycles. The van der Waals surface area contributed by atoms with Crippen molar-refractivity contribution in [3.05, 3.63) is 158 Å². The van der Waals surface area contributed by atoms with Gasteiger partial charge in [-0.05, 0) is 73.8 Å². The van der Waals surface area contributed by atoms with Crippen LogP contribution in [0.25, 0.3) is 54.9 Å². The number of fused-ring (bicyclic) bond motifs is 3. The highest BCUT2D eigenvalue weighted by Gasteiger charge is 2.12. The molecule has 0 heterocycles. The van der Waals surface area contributed by atoms with Gasteiger partial charge < -0.3 is 5.32 Å². The summed E-state index contributed by atoms with van der Waals surface area (Å²) >= 11 is 0. The molecule has 1 heteroatoms. The van der Waals surface area contributed by atoms with Gasteiger partial charge in [0, 0.05) is 16.8 Å². The van der Waals surface area contributed by atoms with Gasteiger partial charge in [0.05, 0.1) is 0 Å². The van der Waals surface area contributed by atoms with Crippen LogP contribution in [-0.4, -0.2) is 0 Å². The molecule has 0 spiro atoms. The maximum atomic E-state index is 3.77. The van der Waals surface area contributed by atoms with Gasteiger partial charge in [0.25, 0.3) is 0 Å². The Bertz CT molecular complexity index is 1920. The average molecular weight is 498 g/mol. The van der Waals surface area contributed by atoms with Crippen LogP contribution in [0.4, 0.5) is 11.4 Å². The third-order valence-corrected chi connectivity index (χ3v) is 7.43. The molecule has 0 aliphatic carbocycles. The van der Waals surface area contributed by atoms with Crippen molar-refractivity contribution >= 4 is 32.9 Å². The fourth-order valence-corrected chi connectivity index (χ4v) is 5.54. The van der Waals surface area contributed by atoms with E-state index in [-0.39, 0.29) is 0 Å². The molecule has 0 aliphatic rings. The SMILES string of the molecule is c1ccc(-c2cccc(-c3ccc(Nc4cc5ccccc5c5ccccc45)cc3-c3ccccc3)c2)cc1. The van der Waals surface area contributed by atoms with Crippen LogP contribution in [-0.2, 0) is 0 Å². The van der Waals surface area contributed by atoms with Gasteiger partial charge in [-0.15, -0.1) is 0 Å². The lowest BCUT2D eigenvalue weighted by Gasteiger charge is -2.17. The van der Waals surface area contributed by atoms with Gasteiger partial charge in [-0.3, -0.25) is 0 Å². The predicted octanol–water partition coefficient (Wildman–Crippen LogP) is 10.7. The topological polar surface area (TPSA) is 12.0 Å². The summed E-state index contributed by atoms with van der Waals surface area (Å²) in [5.41, 5.74) is 9.45. The van der Waals surface area contributed by atoms with Crippen molar-refractivity contribution in [3.63, 3.8) is 0 Å². The first kappa shape index (κ1) is 23.0. The largest absolute Gasteiger partial charge is 0.355 e. The van der Waals surface area contributed by atoms with E-state index in [0.717, 1.165) is 11.4 Å². The number of hydrogen-bond acceptors (Lipinski definition) is 1. The van der Waals surface area contributed by atoms with E-state index in [1.165, 1.54) is 54.9 Å². The molecule has 0 amide bonds. The highest BCUT2D eigenvalue weighted by molar-refractivity contribution is 6.13. The molecule has 0 radical (unpaired) electrons. The van der Waals surface area contributed by atoms with Crippen LogP contribution in [0, 0.1) is 0 Å². The molecule has 1 N–H and O–H groups in total. The minimum absolute atomic E-state index is 1.07. The molecule has 0 saturated heterocycles. The Hall–Kier alpha value is -5.14. The van der Waals surface area contributed by atoms with E-state index in [9.17, 15) is 0 Å². The second-order valence-corrected chi connectivity index (χ2v) is 9.89. The first-order chi connectivity index (χ1) is 19.3. The Labute approximate surface area is 229 Å². The Balaban J connectivity index is 1.35. The van der Waals surface area contributed by atoms with Gasteiger partial charge in [0.2, 0.25) is 0 Å². The number of anilines is 2. The van der Waals surface area contributed by atoms with E-state index in [4.69, 9.17) is 0 Å². The molecule has 39 heavy (non-hydrogen) atoms. The fraction of sp³-hybridized carbons (Fsp3) is 0. The predicted molar refractivity (Wildman–Crippen MR) is 167 cm³/mol. The smallest absolute Gasteiger partial charge is 0.0470 e. The lowest BCUT2D eigenvalue weighted by Crippen LogP contribution is -1.94. The van der Waals surface area contributed by atoms with Crippen molar-refractivity contribution in [3.8, 4) is 33.4 Å². The molecular weight excluding hydrogens is 470 g/mol. The van der Waals surface area contributed by atoms with Crippen molar-refractivity contribution in [1.29, 1.82) is 0 Å². The van der Waals surface area contributed by atoms with Crippen LogP contribution in [0.3, 0.4) is 0 Å². The van der Waals surface area contributed by atoms with Crippen LogP contribution in [0.2, 0.25) is 0 Å². The lowest BCUT2D eigenvalue weighted by molar-refractivity contribution is 1.54. The first-order valence-electron chi connectivity index (χ1n) is 13.4. The first-order valence-corrected chi connectivity index (χ1v) is 13.4. The molecule has 0 aromatic heterocycles. The highest BCUT2D eigenvalue weighted by atomic mass is 14.9. The summed E-state index contributed by atoms with van der Waals surface area (Å²) in [6.45, 7) is 0. The summed E-state index contributed by atoms with van der Waals surface area (Å²) in [5.74, 6) is 0. The molecule has 0 bridgehead atoms. The third-order valence-electron chi connectivity index (χ3n) is 7.43. The molecule has 0 aliphatic heterocycles. The molecular formula is C38H27N. The van der Waals surface area contributed by atoms with Crippen molar-refractivity contribution in [2.24, 2.45) is 0 Å². The van der Waals surface area contributed by atoms with Gasteiger partial charge in [-0.1, -0.05) is 133 Å². The maximum absolute atomic E-state index is 3.77. The number of rotatable bonds is 5. The number of benzene rings is 7. The Morgan fingerprint density at radius 2 is 0.949 bits per heavy atom. The van der Waals surface area contributed by atoms with Gasteiger partial charge >= 0.3 is 0 Å². The normalized spacial score (nSPS) is 11.1. The van der Waals surface area contributed by atoms with Crippen molar-refractivity contribution in [2.75, 3.05) is 5.32 Å². The minimum atomic E-state index is 1.07. The summed E-state index contributed by atoms with van der Waals surface area (Å²) in [4.78, 5) is 0. The van der Waals surface area contributed by atoms with E-state index < -0.39 is 0 Å². The molecule has 7 aromatic rings. The summed E-state index contributed by atoms with van der Waals surface area (Å²) < 4.78 is 0. The van der Waals surface area contributed by atoms with Crippen LogP contribution < -0.4 is 5.32 Å². The molecule has 1 nitrogen and oxygen atoms in total. The molecule has 184 valence electrons. The van der Waals surface area contributed by atoms with Gasteiger partial charge in [-0.25, -0.2) is 0 Å². The van der Waals surface area contributed by atoms with Gasteiger partial charge in [0.15, 0.2) is 0 Å². The van der Waals surface area contributed by atoms with Crippen LogP contribution >= 0.6 is 0 Å². The number of hydrogen-bond donors (Lipinski definition) is 1. The maximum Gasteiger partial charge on any atom is 0.0470 e. The summed E-state index contributed by atoms with van der Waals surface area (Å²) in [6.07, 6.45) is 0. The zero-order chi connectivity index (χ0) is 26.0. The minimum Gasteiger partial charge on any atom is -0.355 e. The van der Waals surface area contributed by atoms with E-state index >= 15 is 0 Å². The van der Waals surface area contributed by atoms with E-state index in [1.807, 2.05) is 0 Å². The molecule has 0 saturated carbocycles. The monoisotopic (exact) mass is 497 g/mol. The van der Waals surface area contributed by atoms with Crippen LogP contribution in [0.5, 0.6) is 0 Å². The van der Waals surface area contributed by atoms with E-state index in [1.54, 1.807) is 0 Å². The van der Waals surface area contributed by atoms with Crippen molar-refractivity contribution in [2.45, 2.75) is 0 Å². The molecule has 0 atom stereocenters. The quantitative estimate of drug-likeness (QED) is 0.233. The van der Waals surface area contributed by atoms with Crippen molar-refractivity contribution in [1.82, 2.24) is 0 Å². The van der Waals surface area contributed by atoms with E-state index in [2.05, 4.69) is 163 Å². The van der Waals surface area contributed by atoms with Gasteiger partial charge in [0.1, 0.15) is 0 Å². The standard InChI is InChI=1S/C38H27N/c1-3-12-27(13-4-1)29-17-11-18-30(24-29)34-23-22-32(26-37(34)28-14-5-2-6-15-28)39-38-25-31-16-7-8-19-33(31)35-20-9-10-21-36(35)38/h1-26,39H. The zero-order valence-electron chi connectivity index (χ0n) is 21.5. The lowest BCUT2D eigenvalue weighted by atomic mass is 9.92. The Kier molecular flexibility index (Phi) is 5.88. The summed E-state index contributed by atoms with van der Waals surface area (Å²) in [6, 6.07) is 56.3. The molecule has 0 unspecified atom stereocenters. The highest BCUT2D eigenvalue weighted by Crippen LogP contribution is 2.38. The number of nitrogens with one attached hydrogen (secondary N) is 1. The second kappa shape index (κ2) is 9.96. The Morgan fingerprint density at radius 3 is 1.74 bits per heavy atom. The van der Waals surface area contributed by atoms with Gasteiger partial charge in [-0.2, -0.15) is 0 Å². The zero-order valence-corrected chi connectivity index (χ0v) is 21.5. The third kappa shape index (κ3) is 4.45. The average Bonchev–Trinajstić information content (AvgIpc) is 3.02. The van der Waals surface area contributed by atoms with E-state index in [0.29, 0.717) is 0 Å². The summed E-state index contributed by atoms with van der Waals surface area (Å²) in [5, 5.41) is 8.75. The summed E-state index contributed by atoms with van der Waals surface area (Å²) in [7, 11) is 0. The van der Waals surface area contributed by atoms with Crippen LogP contribution in [0.1, 0.15) is 0 Å². The fourth-order valence-electron chi connectivity index (χ4n) is 5.54. The van der Waals surface area contributed by atoms with Crippen LogP contribution in [0.15, 0.2) is 158 Å². The molecule has 0 fully saturated rings. The molecule has 7 rings (SSSR count).